The van der Waals surface area contributed by atoms with Crippen molar-refractivity contribution in [2.24, 2.45) is 0 Å². The number of aromatic nitrogens is 2. The van der Waals surface area contributed by atoms with Crippen LogP contribution < -0.4 is 16.2 Å². The van der Waals surface area contributed by atoms with Gasteiger partial charge in [-0.25, -0.2) is 14.8 Å². The van der Waals surface area contributed by atoms with Crippen LogP contribution >= 0.6 is 11.6 Å². The first-order valence-corrected chi connectivity index (χ1v) is 9.04. The van der Waals surface area contributed by atoms with Crippen LogP contribution in [0.1, 0.15) is 20.7 Å². The van der Waals surface area contributed by atoms with Gasteiger partial charge in [-0.2, -0.15) is 0 Å². The van der Waals surface area contributed by atoms with E-state index in [0.717, 1.165) is 6.33 Å². The zero-order chi connectivity index (χ0) is 22.4. The highest BCUT2D eigenvalue weighted by Crippen LogP contribution is 2.32. The Balaban J connectivity index is 1.88. The minimum atomic E-state index is -0.725. The zero-order valence-corrected chi connectivity index (χ0v) is 16.7. The molecule has 31 heavy (non-hydrogen) atoms. The van der Waals surface area contributed by atoms with E-state index in [1.807, 2.05) is 0 Å². The van der Waals surface area contributed by atoms with E-state index in [-0.39, 0.29) is 28.5 Å². The minimum absolute atomic E-state index is 0.154. The summed E-state index contributed by atoms with van der Waals surface area (Å²) < 4.78 is 4.72. The summed E-state index contributed by atoms with van der Waals surface area (Å²) in [5.74, 6) is -1.68. The van der Waals surface area contributed by atoms with Gasteiger partial charge >= 0.3 is 11.7 Å². The quantitative estimate of drug-likeness (QED) is 0.284. The fourth-order valence-electron chi connectivity index (χ4n) is 2.56. The van der Waals surface area contributed by atoms with Gasteiger partial charge in [-0.15, -0.1) is 0 Å². The predicted molar refractivity (Wildman–Crippen MR) is 112 cm³/mol. The number of nitrogens with zero attached hydrogens (tertiary/aromatic N) is 3. The van der Waals surface area contributed by atoms with Crippen molar-refractivity contribution in [3.05, 3.63) is 81.1 Å². The highest BCUT2D eigenvalue weighted by molar-refractivity contribution is 6.31. The SMILES string of the molecule is COC(=O)c1ccccc1Nc1ncnc(NNC(=O)c2cccc(Cl)c2)c1[N+](=O)[O-]. The van der Waals surface area contributed by atoms with Crippen LogP contribution in [0, 0.1) is 10.1 Å². The Labute approximate surface area is 180 Å². The van der Waals surface area contributed by atoms with Gasteiger partial charge in [0, 0.05) is 10.6 Å². The van der Waals surface area contributed by atoms with Crippen LogP contribution in [-0.4, -0.2) is 33.9 Å². The largest absolute Gasteiger partial charge is 0.465 e. The number of amides is 1. The molecule has 11 nitrogen and oxygen atoms in total. The van der Waals surface area contributed by atoms with Crippen LogP contribution in [0.15, 0.2) is 54.9 Å². The molecule has 0 bridgehead atoms. The third-order valence-corrected chi connectivity index (χ3v) is 4.21. The van der Waals surface area contributed by atoms with E-state index in [9.17, 15) is 19.7 Å². The summed E-state index contributed by atoms with van der Waals surface area (Å²) in [5.41, 5.74) is 4.83. The number of anilines is 3. The van der Waals surface area contributed by atoms with E-state index >= 15 is 0 Å². The lowest BCUT2D eigenvalue weighted by Gasteiger charge is -2.12. The summed E-state index contributed by atoms with van der Waals surface area (Å²) in [4.78, 5) is 42.9. The van der Waals surface area contributed by atoms with Crippen molar-refractivity contribution in [1.82, 2.24) is 15.4 Å². The number of esters is 1. The third kappa shape index (κ3) is 5.03. The topological polar surface area (TPSA) is 148 Å². The molecule has 0 aliphatic rings. The number of benzene rings is 2. The summed E-state index contributed by atoms with van der Waals surface area (Å²) >= 11 is 5.86. The summed E-state index contributed by atoms with van der Waals surface area (Å²) in [6, 6.07) is 12.4. The normalized spacial score (nSPS) is 10.1. The molecule has 0 radical (unpaired) electrons. The van der Waals surface area contributed by atoms with E-state index in [1.54, 1.807) is 24.3 Å². The Morgan fingerprint density at radius 3 is 2.55 bits per heavy atom. The van der Waals surface area contributed by atoms with Crippen LogP contribution in [0.2, 0.25) is 5.02 Å². The molecule has 3 aromatic rings. The van der Waals surface area contributed by atoms with E-state index in [2.05, 4.69) is 26.1 Å². The molecule has 158 valence electrons. The first-order chi connectivity index (χ1) is 14.9. The lowest BCUT2D eigenvalue weighted by atomic mass is 10.2. The van der Waals surface area contributed by atoms with Crippen LogP contribution in [-0.2, 0) is 4.74 Å². The number of nitrogens with one attached hydrogen (secondary N) is 3. The minimum Gasteiger partial charge on any atom is -0.465 e. The first kappa shape index (κ1) is 21.5. The predicted octanol–water partition coefficient (Wildman–Crippen LogP) is 3.33. The number of para-hydroxylation sites is 1. The van der Waals surface area contributed by atoms with E-state index < -0.39 is 22.5 Å². The number of nitro groups is 1. The Morgan fingerprint density at radius 1 is 1.10 bits per heavy atom. The second kappa shape index (κ2) is 9.50. The van der Waals surface area contributed by atoms with Crippen LogP contribution in [0.3, 0.4) is 0 Å². The van der Waals surface area contributed by atoms with Gasteiger partial charge in [-0.1, -0.05) is 29.8 Å². The number of ether oxygens (including phenoxy) is 1. The van der Waals surface area contributed by atoms with E-state index in [4.69, 9.17) is 16.3 Å². The Hall–Kier alpha value is -4.25. The number of carbonyl (C=O) groups excluding carboxylic acids is 2. The smallest absolute Gasteiger partial charge is 0.355 e. The van der Waals surface area contributed by atoms with Crippen molar-refractivity contribution in [1.29, 1.82) is 0 Å². The lowest BCUT2D eigenvalue weighted by molar-refractivity contribution is -0.383. The summed E-state index contributed by atoms with van der Waals surface area (Å²) in [6.07, 6.45) is 1.06. The fraction of sp³-hybridized carbons (Fsp3) is 0.0526. The molecule has 0 saturated carbocycles. The number of hydrogen-bond acceptors (Lipinski definition) is 9. The van der Waals surface area contributed by atoms with Crippen molar-refractivity contribution >= 4 is 46.5 Å². The average molecular weight is 443 g/mol. The molecule has 0 saturated heterocycles. The molecular formula is C19H15ClN6O5. The average Bonchev–Trinajstić information content (AvgIpc) is 2.77. The van der Waals surface area contributed by atoms with Gasteiger partial charge in [-0.05, 0) is 30.3 Å². The number of halogens is 1. The second-order valence-corrected chi connectivity index (χ2v) is 6.36. The van der Waals surface area contributed by atoms with Crippen LogP contribution in [0.25, 0.3) is 0 Å². The number of rotatable bonds is 7. The van der Waals surface area contributed by atoms with Gasteiger partial charge in [-0.3, -0.25) is 25.8 Å². The molecule has 0 spiro atoms. The molecule has 3 N–H and O–H groups in total. The van der Waals surface area contributed by atoms with Gasteiger partial charge < -0.3 is 10.1 Å². The molecule has 0 unspecified atom stereocenters. The molecular weight excluding hydrogens is 428 g/mol. The first-order valence-electron chi connectivity index (χ1n) is 8.66. The van der Waals surface area contributed by atoms with Gasteiger partial charge in [0.25, 0.3) is 5.91 Å². The highest BCUT2D eigenvalue weighted by atomic mass is 35.5. The van der Waals surface area contributed by atoms with Crippen molar-refractivity contribution in [3.63, 3.8) is 0 Å². The van der Waals surface area contributed by atoms with Gasteiger partial charge in [0.15, 0.2) is 0 Å². The molecule has 0 aliphatic heterocycles. The molecule has 3 rings (SSSR count). The summed E-state index contributed by atoms with van der Waals surface area (Å²) in [7, 11) is 1.22. The lowest BCUT2D eigenvalue weighted by Crippen LogP contribution is -2.30. The van der Waals surface area contributed by atoms with E-state index in [1.165, 1.54) is 31.4 Å². The van der Waals surface area contributed by atoms with Crippen molar-refractivity contribution in [2.45, 2.75) is 0 Å². The number of carbonyl (C=O) groups is 2. The maximum Gasteiger partial charge on any atom is 0.355 e. The summed E-state index contributed by atoms with van der Waals surface area (Å²) in [5, 5.41) is 14.8. The Bertz CT molecular complexity index is 1160. The fourth-order valence-corrected chi connectivity index (χ4v) is 2.75. The molecule has 12 heteroatoms. The van der Waals surface area contributed by atoms with Crippen LogP contribution in [0.5, 0.6) is 0 Å². The Kier molecular flexibility index (Phi) is 6.58. The van der Waals surface area contributed by atoms with Crippen molar-refractivity contribution in [3.8, 4) is 0 Å². The zero-order valence-electron chi connectivity index (χ0n) is 16.0. The second-order valence-electron chi connectivity index (χ2n) is 5.93. The van der Waals surface area contributed by atoms with Gasteiger partial charge in [0.2, 0.25) is 11.6 Å². The molecule has 0 atom stereocenters. The highest BCUT2D eigenvalue weighted by Gasteiger charge is 2.25. The van der Waals surface area contributed by atoms with Crippen molar-refractivity contribution in [2.75, 3.05) is 17.9 Å². The maximum absolute atomic E-state index is 12.3. The molecule has 0 aliphatic carbocycles. The molecule has 1 heterocycles. The third-order valence-electron chi connectivity index (χ3n) is 3.97. The standard InChI is InChI=1S/C19H15ClN6O5/c1-31-19(28)13-7-2-3-8-14(13)23-16-15(26(29)30)17(22-10-21-16)24-25-18(27)11-5-4-6-12(20)9-11/h2-10H,1H3,(H,25,27)(H2,21,22,23,24). The summed E-state index contributed by atoms with van der Waals surface area (Å²) in [6.45, 7) is 0. The number of hydrogen-bond donors (Lipinski definition) is 3. The van der Waals surface area contributed by atoms with Crippen molar-refractivity contribution < 1.29 is 19.2 Å². The van der Waals surface area contributed by atoms with E-state index in [0.29, 0.717) is 5.02 Å². The maximum atomic E-state index is 12.3. The van der Waals surface area contributed by atoms with Gasteiger partial charge in [0.1, 0.15) is 6.33 Å². The molecule has 1 aromatic heterocycles. The van der Waals surface area contributed by atoms with Crippen LogP contribution in [0.4, 0.5) is 23.0 Å². The molecule has 0 fully saturated rings. The number of hydrazine groups is 1. The molecule has 2 aromatic carbocycles. The molecule has 1 amide bonds. The number of methoxy groups -OCH3 is 1. The Morgan fingerprint density at radius 2 is 1.84 bits per heavy atom. The van der Waals surface area contributed by atoms with Gasteiger partial charge in [0.05, 0.1) is 23.3 Å². The monoisotopic (exact) mass is 442 g/mol.